The molecule has 0 aliphatic carbocycles. The minimum Gasteiger partial charge on any atom is -0.227 e. The highest BCUT2D eigenvalue weighted by atomic mass is 32.2. The zero-order valence-electron chi connectivity index (χ0n) is 7.28. The summed E-state index contributed by atoms with van der Waals surface area (Å²) < 4.78 is 21.9. The van der Waals surface area contributed by atoms with Gasteiger partial charge in [0.2, 0.25) is 6.08 Å². The molecule has 0 fully saturated rings. The average molecular weight is 191 g/mol. The molecule has 4 nitrogen and oxygen atoms in total. The van der Waals surface area contributed by atoms with Gasteiger partial charge >= 0.3 is 0 Å². The van der Waals surface area contributed by atoms with Crippen molar-refractivity contribution in [3.63, 3.8) is 0 Å². The number of unbranched alkanes of at least 4 members (excludes halogenated alkanes) is 1. The van der Waals surface area contributed by atoms with Crippen LogP contribution in [0.5, 0.6) is 0 Å². The minimum absolute atomic E-state index is 0.407. The molecule has 0 aliphatic heterocycles. The molecule has 0 heterocycles. The number of isocyanates is 1. The lowest BCUT2D eigenvalue weighted by Gasteiger charge is -2.06. The smallest absolute Gasteiger partial charge is 0.227 e. The molecule has 70 valence electrons. The summed E-state index contributed by atoms with van der Waals surface area (Å²) in [6, 6.07) is 0. The maximum atomic E-state index is 11.0. The number of hydrogen-bond donors (Lipinski definition) is 0. The molecule has 0 saturated heterocycles. The second-order valence-electron chi connectivity index (χ2n) is 2.65. The van der Waals surface area contributed by atoms with Crippen LogP contribution in [0.25, 0.3) is 0 Å². The molecule has 12 heavy (non-hydrogen) atoms. The summed E-state index contributed by atoms with van der Waals surface area (Å²) in [6.45, 7) is 1.95. The molecule has 0 radical (unpaired) electrons. The van der Waals surface area contributed by atoms with E-state index in [2.05, 4.69) is 4.99 Å². The van der Waals surface area contributed by atoms with E-state index >= 15 is 0 Å². The van der Waals surface area contributed by atoms with Crippen molar-refractivity contribution in [2.75, 3.05) is 6.26 Å². The van der Waals surface area contributed by atoms with Crippen molar-refractivity contribution < 1.29 is 13.2 Å². The van der Waals surface area contributed by atoms with Crippen molar-refractivity contribution in [1.82, 2.24) is 0 Å². The molecular weight excluding hydrogens is 178 g/mol. The fourth-order valence-corrected chi connectivity index (χ4v) is 1.64. The molecule has 0 rings (SSSR count). The van der Waals surface area contributed by atoms with Gasteiger partial charge in [-0.15, -0.1) is 0 Å². The molecule has 0 aromatic rings. The second-order valence-corrected chi connectivity index (χ2v) is 4.85. The van der Waals surface area contributed by atoms with Crippen LogP contribution < -0.4 is 0 Å². The van der Waals surface area contributed by atoms with E-state index in [4.69, 9.17) is 0 Å². The number of aliphatic imine (C=N–C) groups is 1. The van der Waals surface area contributed by atoms with Gasteiger partial charge in [-0.2, -0.15) is 4.99 Å². The van der Waals surface area contributed by atoms with E-state index in [1.807, 2.05) is 6.92 Å². The highest BCUT2D eigenvalue weighted by Crippen LogP contribution is 2.09. The van der Waals surface area contributed by atoms with Crippen molar-refractivity contribution in [1.29, 1.82) is 0 Å². The lowest BCUT2D eigenvalue weighted by atomic mass is 10.2. The number of hydrogen-bond acceptors (Lipinski definition) is 4. The molecule has 0 bridgehead atoms. The topological polar surface area (TPSA) is 63.6 Å². The Kier molecular flexibility index (Phi) is 4.78. The Morgan fingerprint density at radius 1 is 1.50 bits per heavy atom. The van der Waals surface area contributed by atoms with Crippen LogP contribution in [0.15, 0.2) is 4.99 Å². The molecule has 0 spiro atoms. The zero-order valence-corrected chi connectivity index (χ0v) is 8.10. The van der Waals surface area contributed by atoms with Crippen LogP contribution in [0.3, 0.4) is 0 Å². The van der Waals surface area contributed by atoms with E-state index in [0.717, 1.165) is 19.1 Å². The van der Waals surface area contributed by atoms with Gasteiger partial charge in [0, 0.05) is 6.26 Å². The highest BCUT2D eigenvalue weighted by molar-refractivity contribution is 7.91. The molecular formula is C7H13NO3S. The van der Waals surface area contributed by atoms with Gasteiger partial charge in [-0.3, -0.25) is 0 Å². The lowest BCUT2D eigenvalue weighted by molar-refractivity contribution is 0.550. The van der Waals surface area contributed by atoms with Crippen molar-refractivity contribution >= 4 is 15.9 Å². The third-order valence-electron chi connectivity index (χ3n) is 1.50. The molecule has 0 amide bonds. The summed E-state index contributed by atoms with van der Waals surface area (Å²) in [6.07, 6.45) is 4.41. The van der Waals surface area contributed by atoms with Crippen LogP contribution in [0.4, 0.5) is 0 Å². The fraction of sp³-hybridized carbons (Fsp3) is 0.857. The van der Waals surface area contributed by atoms with E-state index in [1.165, 1.54) is 6.08 Å². The molecule has 1 atom stereocenters. The van der Waals surface area contributed by atoms with E-state index < -0.39 is 15.2 Å². The molecule has 0 saturated carbocycles. The van der Waals surface area contributed by atoms with Crippen molar-refractivity contribution in [3.05, 3.63) is 0 Å². The molecule has 0 aromatic heterocycles. The van der Waals surface area contributed by atoms with Crippen LogP contribution in [0.2, 0.25) is 0 Å². The first kappa shape index (κ1) is 11.3. The number of carbonyl (C=O) groups excluding carboxylic acids is 1. The normalized spacial score (nSPS) is 13.5. The summed E-state index contributed by atoms with van der Waals surface area (Å²) in [5.74, 6) is 0. The SMILES string of the molecule is CCCCC(N=C=O)S(C)(=O)=O. The Hall–Kier alpha value is -0.670. The van der Waals surface area contributed by atoms with Gasteiger partial charge in [-0.1, -0.05) is 19.8 Å². The Labute approximate surface area is 72.6 Å². The van der Waals surface area contributed by atoms with Crippen LogP contribution in [-0.4, -0.2) is 26.1 Å². The Morgan fingerprint density at radius 2 is 2.08 bits per heavy atom. The van der Waals surface area contributed by atoms with Crippen LogP contribution >= 0.6 is 0 Å². The van der Waals surface area contributed by atoms with Gasteiger partial charge in [-0.05, 0) is 6.42 Å². The van der Waals surface area contributed by atoms with Gasteiger partial charge in [0.1, 0.15) is 0 Å². The van der Waals surface area contributed by atoms with Crippen LogP contribution in [-0.2, 0) is 14.6 Å². The summed E-state index contributed by atoms with van der Waals surface area (Å²) in [4.78, 5) is 13.1. The van der Waals surface area contributed by atoms with Crippen LogP contribution in [0, 0.1) is 0 Å². The fourth-order valence-electron chi connectivity index (χ4n) is 0.812. The number of rotatable bonds is 5. The lowest BCUT2D eigenvalue weighted by Crippen LogP contribution is -2.17. The highest BCUT2D eigenvalue weighted by Gasteiger charge is 2.18. The first-order chi connectivity index (χ1) is 5.52. The minimum atomic E-state index is -3.23. The summed E-state index contributed by atoms with van der Waals surface area (Å²) in [7, 11) is -3.23. The molecule has 0 aromatic carbocycles. The zero-order chi connectivity index (χ0) is 9.61. The van der Waals surface area contributed by atoms with Crippen molar-refractivity contribution in [2.24, 2.45) is 4.99 Å². The van der Waals surface area contributed by atoms with Gasteiger partial charge in [0.05, 0.1) is 0 Å². The van der Waals surface area contributed by atoms with Gasteiger partial charge in [0.15, 0.2) is 15.2 Å². The molecule has 0 N–H and O–H groups in total. The standard InChI is InChI=1S/C7H13NO3S/c1-3-4-5-7(8-6-9)12(2,10)11/h7H,3-5H2,1-2H3. The third kappa shape index (κ3) is 4.26. The van der Waals surface area contributed by atoms with Crippen LogP contribution in [0.1, 0.15) is 26.2 Å². The second kappa shape index (κ2) is 5.06. The predicted octanol–water partition coefficient (Wildman–Crippen LogP) is 0.883. The number of nitrogens with zero attached hydrogens (tertiary/aromatic N) is 1. The maximum absolute atomic E-state index is 11.0. The average Bonchev–Trinajstić information content (AvgIpc) is 1.95. The van der Waals surface area contributed by atoms with E-state index in [0.29, 0.717) is 6.42 Å². The first-order valence-corrected chi connectivity index (χ1v) is 5.73. The van der Waals surface area contributed by atoms with Gasteiger partial charge in [0.25, 0.3) is 0 Å². The summed E-state index contributed by atoms with van der Waals surface area (Å²) in [5.41, 5.74) is 0. The maximum Gasteiger partial charge on any atom is 0.236 e. The van der Waals surface area contributed by atoms with Crippen molar-refractivity contribution in [2.45, 2.75) is 31.6 Å². The first-order valence-electron chi connectivity index (χ1n) is 3.78. The Balaban J connectivity index is 4.35. The van der Waals surface area contributed by atoms with E-state index in [9.17, 15) is 13.2 Å². The van der Waals surface area contributed by atoms with E-state index in [-0.39, 0.29) is 0 Å². The third-order valence-corrected chi connectivity index (χ3v) is 2.83. The Morgan fingerprint density at radius 3 is 2.42 bits per heavy atom. The summed E-state index contributed by atoms with van der Waals surface area (Å²) in [5, 5.41) is -0.894. The quantitative estimate of drug-likeness (QED) is 0.478. The molecule has 0 aliphatic rings. The van der Waals surface area contributed by atoms with Crippen molar-refractivity contribution in [3.8, 4) is 0 Å². The van der Waals surface area contributed by atoms with E-state index in [1.54, 1.807) is 0 Å². The van der Waals surface area contributed by atoms with Gasteiger partial charge < -0.3 is 0 Å². The monoisotopic (exact) mass is 191 g/mol. The van der Waals surface area contributed by atoms with Gasteiger partial charge in [-0.25, -0.2) is 13.2 Å². The molecule has 5 heteroatoms. The molecule has 1 unspecified atom stereocenters. The largest absolute Gasteiger partial charge is 0.236 e. The Bertz CT molecular complexity index is 264. The number of sulfone groups is 1. The summed E-state index contributed by atoms with van der Waals surface area (Å²) >= 11 is 0. The predicted molar refractivity (Wildman–Crippen MR) is 46.3 cm³/mol.